The molecule has 19 heavy (non-hydrogen) atoms. The summed E-state index contributed by atoms with van der Waals surface area (Å²) in [6.07, 6.45) is 4.08. The number of hydrogen-bond acceptors (Lipinski definition) is 3. The minimum atomic E-state index is -2.80. The van der Waals surface area contributed by atoms with Gasteiger partial charge < -0.3 is 13.3 Å². The lowest BCUT2D eigenvalue weighted by Crippen LogP contribution is -2.57. The van der Waals surface area contributed by atoms with Gasteiger partial charge in [-0.3, -0.25) is 0 Å². The molecule has 0 saturated carbocycles. The third-order valence-corrected chi connectivity index (χ3v) is 5.76. The average molecular weight is 280 g/mol. The standard InChI is InChI=1S/C15H24O3Si/c1-5-11-14-12-9-10-13-15(14)19(16-6-2,17-7-3)18-8-4/h5,9-13H,6-8H2,1-4H3. The average Bonchev–Trinajstić information content (AvgIpc) is 2.40. The third kappa shape index (κ3) is 4.01. The fourth-order valence-corrected chi connectivity index (χ4v) is 4.71. The molecule has 0 unspecified atom stereocenters. The van der Waals surface area contributed by atoms with Gasteiger partial charge in [-0.2, -0.15) is 0 Å². The van der Waals surface area contributed by atoms with Crippen molar-refractivity contribution in [1.82, 2.24) is 0 Å². The Kier molecular flexibility index (Phi) is 7.01. The van der Waals surface area contributed by atoms with Crippen LogP contribution in [0.4, 0.5) is 0 Å². The summed E-state index contributed by atoms with van der Waals surface area (Å²) in [4.78, 5) is 0. The quantitative estimate of drug-likeness (QED) is 0.685. The maximum absolute atomic E-state index is 5.94. The van der Waals surface area contributed by atoms with E-state index in [0.717, 1.165) is 10.8 Å². The van der Waals surface area contributed by atoms with Crippen LogP contribution in [0, 0.1) is 0 Å². The summed E-state index contributed by atoms with van der Waals surface area (Å²) in [6.45, 7) is 9.65. The van der Waals surface area contributed by atoms with Crippen molar-refractivity contribution in [3.63, 3.8) is 0 Å². The second-order valence-electron chi connectivity index (χ2n) is 3.94. The monoisotopic (exact) mass is 280 g/mol. The lowest BCUT2D eigenvalue weighted by atomic mass is 10.2. The second-order valence-corrected chi connectivity index (χ2v) is 6.46. The molecular weight excluding hydrogens is 256 g/mol. The molecule has 4 heteroatoms. The summed E-state index contributed by atoms with van der Waals surface area (Å²) >= 11 is 0. The molecule has 0 bridgehead atoms. The van der Waals surface area contributed by atoms with Crippen LogP contribution < -0.4 is 5.19 Å². The minimum Gasteiger partial charge on any atom is -0.370 e. The molecule has 0 atom stereocenters. The summed E-state index contributed by atoms with van der Waals surface area (Å²) in [5, 5.41) is 1.04. The Labute approximate surface area is 117 Å². The zero-order valence-electron chi connectivity index (χ0n) is 12.3. The molecule has 106 valence electrons. The van der Waals surface area contributed by atoms with Crippen LogP contribution in [0.1, 0.15) is 33.3 Å². The fourth-order valence-electron chi connectivity index (χ4n) is 2.03. The zero-order chi connectivity index (χ0) is 14.1. The number of hydrogen-bond donors (Lipinski definition) is 0. The number of benzene rings is 1. The predicted molar refractivity (Wildman–Crippen MR) is 81.4 cm³/mol. The Hall–Kier alpha value is -0.943. The summed E-state index contributed by atoms with van der Waals surface area (Å²) < 4.78 is 17.8. The van der Waals surface area contributed by atoms with E-state index >= 15 is 0 Å². The zero-order valence-corrected chi connectivity index (χ0v) is 13.3. The van der Waals surface area contributed by atoms with E-state index in [9.17, 15) is 0 Å². The van der Waals surface area contributed by atoms with Gasteiger partial charge in [-0.25, -0.2) is 0 Å². The first kappa shape index (κ1) is 16.1. The van der Waals surface area contributed by atoms with Crippen LogP contribution in [-0.4, -0.2) is 28.6 Å². The summed E-state index contributed by atoms with van der Waals surface area (Å²) in [7, 11) is -2.80. The van der Waals surface area contributed by atoms with Crippen LogP contribution >= 0.6 is 0 Å². The van der Waals surface area contributed by atoms with Gasteiger partial charge in [-0.1, -0.05) is 36.4 Å². The number of rotatable bonds is 8. The lowest BCUT2D eigenvalue weighted by molar-refractivity contribution is 0.0859. The van der Waals surface area contributed by atoms with Crippen molar-refractivity contribution < 1.29 is 13.3 Å². The first-order chi connectivity index (χ1) is 9.24. The van der Waals surface area contributed by atoms with Gasteiger partial charge in [0, 0.05) is 25.0 Å². The summed E-state index contributed by atoms with van der Waals surface area (Å²) in [5.74, 6) is 0. The Morgan fingerprint density at radius 2 is 1.47 bits per heavy atom. The van der Waals surface area contributed by atoms with Crippen LogP contribution in [0.5, 0.6) is 0 Å². The predicted octanol–water partition coefficient (Wildman–Crippen LogP) is 2.98. The SMILES string of the molecule is CC=Cc1ccccc1[Si](OCC)(OCC)OCC. The van der Waals surface area contributed by atoms with Crippen LogP contribution in [-0.2, 0) is 13.3 Å². The van der Waals surface area contributed by atoms with Gasteiger partial charge >= 0.3 is 8.80 Å². The molecule has 0 spiro atoms. The van der Waals surface area contributed by atoms with E-state index < -0.39 is 8.80 Å². The van der Waals surface area contributed by atoms with Crippen molar-refractivity contribution in [2.24, 2.45) is 0 Å². The molecule has 0 radical (unpaired) electrons. The maximum atomic E-state index is 5.94. The maximum Gasteiger partial charge on any atom is 0.537 e. The van der Waals surface area contributed by atoms with Crippen molar-refractivity contribution in [3.05, 3.63) is 35.9 Å². The topological polar surface area (TPSA) is 27.7 Å². The van der Waals surface area contributed by atoms with Crippen molar-refractivity contribution in [3.8, 4) is 0 Å². The van der Waals surface area contributed by atoms with E-state index in [0.29, 0.717) is 19.8 Å². The molecule has 0 aromatic heterocycles. The van der Waals surface area contributed by atoms with Crippen LogP contribution in [0.25, 0.3) is 6.08 Å². The highest BCUT2D eigenvalue weighted by molar-refractivity contribution is 6.76. The molecule has 1 aromatic carbocycles. The fraction of sp³-hybridized carbons (Fsp3) is 0.467. The minimum absolute atomic E-state index is 0.580. The van der Waals surface area contributed by atoms with Crippen LogP contribution in [0.3, 0.4) is 0 Å². The molecule has 1 rings (SSSR count). The summed E-state index contributed by atoms with van der Waals surface area (Å²) in [5.41, 5.74) is 1.10. The second kappa shape index (κ2) is 8.27. The normalized spacial score (nSPS) is 12.2. The molecule has 0 amide bonds. The van der Waals surface area contributed by atoms with E-state index in [4.69, 9.17) is 13.3 Å². The molecule has 0 N–H and O–H groups in total. The summed E-state index contributed by atoms with van der Waals surface area (Å²) in [6, 6.07) is 8.12. The molecule has 0 aliphatic rings. The smallest absolute Gasteiger partial charge is 0.370 e. The van der Waals surface area contributed by atoms with E-state index in [1.807, 2.05) is 52.0 Å². The van der Waals surface area contributed by atoms with Gasteiger partial charge in [0.05, 0.1) is 0 Å². The molecule has 3 nitrogen and oxygen atoms in total. The highest BCUT2D eigenvalue weighted by atomic mass is 28.4. The first-order valence-corrected chi connectivity index (χ1v) is 8.60. The van der Waals surface area contributed by atoms with Gasteiger partial charge in [0.2, 0.25) is 0 Å². The van der Waals surface area contributed by atoms with Crippen LogP contribution in [0.15, 0.2) is 30.3 Å². The highest BCUT2D eigenvalue weighted by Crippen LogP contribution is 2.14. The molecule has 0 aliphatic heterocycles. The Morgan fingerprint density at radius 1 is 0.947 bits per heavy atom. The molecule has 0 heterocycles. The Morgan fingerprint density at radius 3 is 1.95 bits per heavy atom. The van der Waals surface area contributed by atoms with E-state index in [1.165, 1.54) is 0 Å². The Bertz CT molecular complexity index is 387. The lowest BCUT2D eigenvalue weighted by Gasteiger charge is -2.29. The van der Waals surface area contributed by atoms with Crippen molar-refractivity contribution in [1.29, 1.82) is 0 Å². The Balaban J connectivity index is 3.28. The molecule has 0 saturated heterocycles. The van der Waals surface area contributed by atoms with Crippen LogP contribution in [0.2, 0.25) is 0 Å². The molecule has 1 aromatic rings. The molecular formula is C15H24O3Si. The van der Waals surface area contributed by atoms with Gasteiger partial charge in [-0.05, 0) is 33.3 Å². The van der Waals surface area contributed by atoms with E-state index in [2.05, 4.69) is 12.1 Å². The van der Waals surface area contributed by atoms with Crippen molar-refractivity contribution in [2.75, 3.05) is 19.8 Å². The highest BCUT2D eigenvalue weighted by Gasteiger charge is 2.44. The largest absolute Gasteiger partial charge is 0.537 e. The van der Waals surface area contributed by atoms with E-state index in [1.54, 1.807) is 0 Å². The molecule has 0 aliphatic carbocycles. The first-order valence-electron chi connectivity index (χ1n) is 6.88. The van der Waals surface area contributed by atoms with Gasteiger partial charge in [0.25, 0.3) is 0 Å². The van der Waals surface area contributed by atoms with Gasteiger partial charge in [0.1, 0.15) is 0 Å². The van der Waals surface area contributed by atoms with Crippen molar-refractivity contribution in [2.45, 2.75) is 27.7 Å². The third-order valence-electron chi connectivity index (χ3n) is 2.64. The van der Waals surface area contributed by atoms with Gasteiger partial charge in [-0.15, -0.1) is 0 Å². The number of allylic oxidation sites excluding steroid dienone is 1. The van der Waals surface area contributed by atoms with Crippen molar-refractivity contribution >= 4 is 20.1 Å². The molecule has 0 fully saturated rings. The van der Waals surface area contributed by atoms with Gasteiger partial charge in [0.15, 0.2) is 0 Å². The van der Waals surface area contributed by atoms with E-state index in [-0.39, 0.29) is 0 Å².